The average molecular weight is 290 g/mol. The molecule has 0 aromatic carbocycles. The van der Waals surface area contributed by atoms with E-state index in [0.717, 1.165) is 6.07 Å². The minimum absolute atomic E-state index is 0.204. The second kappa shape index (κ2) is 5.14. The summed E-state index contributed by atoms with van der Waals surface area (Å²) in [5.41, 5.74) is 0. The summed E-state index contributed by atoms with van der Waals surface area (Å²) >= 11 is 1.74. The van der Waals surface area contributed by atoms with Crippen LogP contribution in [0.3, 0.4) is 0 Å². The molecule has 0 radical (unpaired) electrons. The molecular weight excluding hydrogens is 275 g/mol. The van der Waals surface area contributed by atoms with Crippen LogP contribution in [0.1, 0.15) is 13.8 Å². The number of rotatable bonds is 2. The van der Waals surface area contributed by atoms with Crippen LogP contribution >= 0.6 is 11.8 Å². The molecule has 2 unspecified atom stereocenters. The van der Waals surface area contributed by atoms with Gasteiger partial charge in [0.2, 0.25) is 5.03 Å². The minimum Gasteiger partial charge on any atom is -0.241 e. The third-order valence-corrected chi connectivity index (χ3v) is 5.69. The van der Waals surface area contributed by atoms with Crippen LogP contribution in [0.2, 0.25) is 0 Å². The van der Waals surface area contributed by atoms with E-state index in [0.29, 0.717) is 13.1 Å². The van der Waals surface area contributed by atoms with Crippen LogP contribution in [0.4, 0.5) is 4.39 Å². The third-order valence-electron chi connectivity index (χ3n) is 2.70. The highest BCUT2D eigenvalue weighted by atomic mass is 32.2. The zero-order chi connectivity index (χ0) is 13.3. The normalized spacial score (nSPS) is 26.2. The van der Waals surface area contributed by atoms with Crippen molar-refractivity contribution in [3.05, 3.63) is 24.1 Å². The van der Waals surface area contributed by atoms with Crippen LogP contribution in [0.15, 0.2) is 23.4 Å². The summed E-state index contributed by atoms with van der Waals surface area (Å²) in [4.78, 5) is 3.66. The van der Waals surface area contributed by atoms with Crippen LogP contribution in [0.5, 0.6) is 0 Å². The van der Waals surface area contributed by atoms with Crippen LogP contribution in [-0.2, 0) is 10.0 Å². The quantitative estimate of drug-likeness (QED) is 0.832. The molecule has 0 aliphatic carbocycles. The Kier molecular flexibility index (Phi) is 3.93. The van der Waals surface area contributed by atoms with E-state index >= 15 is 0 Å². The fraction of sp³-hybridized carbons (Fsp3) is 0.545. The van der Waals surface area contributed by atoms with E-state index < -0.39 is 20.9 Å². The molecule has 1 fully saturated rings. The largest absolute Gasteiger partial charge is 0.263 e. The van der Waals surface area contributed by atoms with Gasteiger partial charge in [-0.25, -0.2) is 17.8 Å². The lowest BCUT2D eigenvalue weighted by atomic mass is 10.4. The monoisotopic (exact) mass is 290 g/mol. The molecule has 0 N–H and O–H groups in total. The topological polar surface area (TPSA) is 50.3 Å². The van der Waals surface area contributed by atoms with Crippen LogP contribution in [-0.4, -0.2) is 41.3 Å². The highest BCUT2D eigenvalue weighted by Gasteiger charge is 2.34. The van der Waals surface area contributed by atoms with E-state index in [4.69, 9.17) is 0 Å². The summed E-state index contributed by atoms with van der Waals surface area (Å²) in [6.07, 6.45) is 1.29. The van der Waals surface area contributed by atoms with Gasteiger partial charge in [0, 0.05) is 29.8 Å². The molecular formula is C11H15FN2O2S2. The molecule has 0 spiro atoms. The van der Waals surface area contributed by atoms with Crippen LogP contribution in [0.25, 0.3) is 0 Å². The van der Waals surface area contributed by atoms with Gasteiger partial charge in [-0.3, -0.25) is 0 Å². The van der Waals surface area contributed by atoms with E-state index in [1.54, 1.807) is 11.8 Å². The van der Waals surface area contributed by atoms with Gasteiger partial charge in [-0.15, -0.1) is 0 Å². The summed E-state index contributed by atoms with van der Waals surface area (Å²) in [5, 5.41) is -0.0677. The van der Waals surface area contributed by atoms with Gasteiger partial charge >= 0.3 is 0 Å². The van der Waals surface area contributed by atoms with Gasteiger partial charge in [-0.1, -0.05) is 13.8 Å². The Morgan fingerprint density at radius 3 is 2.56 bits per heavy atom. The van der Waals surface area contributed by atoms with Gasteiger partial charge in [-0.2, -0.15) is 16.1 Å². The van der Waals surface area contributed by atoms with Crippen molar-refractivity contribution in [1.29, 1.82) is 0 Å². The van der Waals surface area contributed by atoms with Gasteiger partial charge in [0.25, 0.3) is 10.0 Å². The van der Waals surface area contributed by atoms with E-state index in [2.05, 4.69) is 4.98 Å². The summed E-state index contributed by atoms with van der Waals surface area (Å²) in [7, 11) is -3.82. The minimum atomic E-state index is -3.82. The molecule has 0 amide bonds. The molecule has 0 bridgehead atoms. The fourth-order valence-electron chi connectivity index (χ4n) is 2.01. The molecule has 4 nitrogen and oxygen atoms in total. The number of pyridine rings is 1. The summed E-state index contributed by atoms with van der Waals surface area (Å²) < 4.78 is 39.5. The number of hydrogen-bond acceptors (Lipinski definition) is 4. The predicted octanol–water partition coefficient (Wildman–Crippen LogP) is 1.74. The molecule has 1 saturated heterocycles. The number of thioether (sulfide) groups is 1. The first-order valence-electron chi connectivity index (χ1n) is 5.67. The highest BCUT2D eigenvalue weighted by molar-refractivity contribution is 8.00. The number of hydrogen-bond donors (Lipinski definition) is 0. The van der Waals surface area contributed by atoms with Crippen LogP contribution < -0.4 is 0 Å². The van der Waals surface area contributed by atoms with Crippen molar-refractivity contribution in [3.63, 3.8) is 0 Å². The van der Waals surface area contributed by atoms with E-state index in [1.807, 2.05) is 13.8 Å². The standard InChI is InChI=1S/C11H15FN2O2S2/c1-8-6-14(7-9(2)17-8)18(15,16)11-10(12)4-3-5-13-11/h3-5,8-9H,6-7H2,1-2H3. The van der Waals surface area contributed by atoms with Gasteiger partial charge in [0.05, 0.1) is 0 Å². The lowest BCUT2D eigenvalue weighted by Crippen LogP contribution is -2.44. The third kappa shape index (κ3) is 2.67. The molecule has 1 aromatic rings. The van der Waals surface area contributed by atoms with Crippen molar-refractivity contribution in [1.82, 2.24) is 9.29 Å². The molecule has 1 aliphatic rings. The molecule has 1 aromatic heterocycles. The summed E-state index contributed by atoms with van der Waals surface area (Å²) in [5.74, 6) is -0.795. The molecule has 7 heteroatoms. The number of nitrogens with zero attached hydrogens (tertiary/aromatic N) is 2. The molecule has 1 aliphatic heterocycles. The highest BCUT2D eigenvalue weighted by Crippen LogP contribution is 2.28. The Morgan fingerprint density at radius 2 is 2.00 bits per heavy atom. The zero-order valence-corrected chi connectivity index (χ0v) is 11.8. The van der Waals surface area contributed by atoms with Gasteiger partial charge in [0.15, 0.2) is 5.82 Å². The Balaban J connectivity index is 2.34. The molecule has 2 rings (SSSR count). The Hall–Kier alpha value is -0.660. The summed E-state index contributed by atoms with van der Waals surface area (Å²) in [6.45, 7) is 4.73. The Morgan fingerprint density at radius 1 is 1.39 bits per heavy atom. The second-order valence-corrected chi connectivity index (χ2v) is 8.10. The smallest absolute Gasteiger partial charge is 0.241 e. The Labute approximate surface area is 111 Å². The van der Waals surface area contributed by atoms with E-state index in [-0.39, 0.29) is 10.5 Å². The van der Waals surface area contributed by atoms with Gasteiger partial charge in [0.1, 0.15) is 0 Å². The lowest BCUT2D eigenvalue weighted by Gasteiger charge is -2.33. The molecule has 2 atom stereocenters. The van der Waals surface area contributed by atoms with E-state index in [9.17, 15) is 12.8 Å². The van der Waals surface area contributed by atoms with Crippen LogP contribution in [0, 0.1) is 5.82 Å². The van der Waals surface area contributed by atoms with Crippen molar-refractivity contribution in [3.8, 4) is 0 Å². The van der Waals surface area contributed by atoms with Crippen molar-refractivity contribution in [2.45, 2.75) is 29.4 Å². The van der Waals surface area contributed by atoms with Crippen molar-refractivity contribution in [2.24, 2.45) is 0 Å². The maximum absolute atomic E-state index is 13.6. The summed E-state index contributed by atoms with van der Waals surface area (Å²) in [6, 6.07) is 2.50. The first kappa shape index (κ1) is 13.8. The Bertz CT molecular complexity index is 526. The number of aromatic nitrogens is 1. The molecule has 2 heterocycles. The zero-order valence-electron chi connectivity index (χ0n) is 10.2. The van der Waals surface area contributed by atoms with Crippen molar-refractivity contribution < 1.29 is 12.8 Å². The molecule has 0 saturated carbocycles. The number of sulfonamides is 1. The fourth-order valence-corrected chi connectivity index (χ4v) is 5.12. The second-order valence-electron chi connectivity index (χ2n) is 4.37. The molecule has 100 valence electrons. The van der Waals surface area contributed by atoms with Gasteiger partial charge in [-0.05, 0) is 12.1 Å². The average Bonchev–Trinajstić information content (AvgIpc) is 2.28. The first-order valence-corrected chi connectivity index (χ1v) is 8.05. The van der Waals surface area contributed by atoms with Crippen molar-refractivity contribution in [2.75, 3.05) is 13.1 Å². The SMILES string of the molecule is CC1CN(S(=O)(=O)c2ncccc2F)CC(C)S1. The van der Waals surface area contributed by atoms with E-state index in [1.165, 1.54) is 16.6 Å². The maximum atomic E-state index is 13.6. The first-order chi connectivity index (χ1) is 8.41. The van der Waals surface area contributed by atoms with Crippen molar-refractivity contribution >= 4 is 21.8 Å². The lowest BCUT2D eigenvalue weighted by molar-refractivity contribution is 0.398. The van der Waals surface area contributed by atoms with Gasteiger partial charge < -0.3 is 0 Å². The number of halogens is 1. The maximum Gasteiger partial charge on any atom is 0.263 e. The predicted molar refractivity (Wildman–Crippen MR) is 69.5 cm³/mol. The molecule has 18 heavy (non-hydrogen) atoms.